The van der Waals surface area contributed by atoms with Crippen LogP contribution in [0.15, 0.2) is 16.5 Å². The molecule has 0 aliphatic heterocycles. The average molecular weight is 211 g/mol. The fourth-order valence-corrected chi connectivity index (χ4v) is 1.41. The third-order valence-corrected chi connectivity index (χ3v) is 2.31. The van der Waals surface area contributed by atoms with Gasteiger partial charge in [0.1, 0.15) is 18.1 Å². The van der Waals surface area contributed by atoms with Crippen LogP contribution in [0.1, 0.15) is 44.1 Å². The van der Waals surface area contributed by atoms with Crippen LogP contribution in [0.3, 0.4) is 0 Å². The molecule has 86 valence electrons. The molecule has 0 amide bonds. The highest BCUT2D eigenvalue weighted by atomic mass is 16.5. The molecule has 1 aromatic heterocycles. The Morgan fingerprint density at radius 3 is 2.67 bits per heavy atom. The summed E-state index contributed by atoms with van der Waals surface area (Å²) < 4.78 is 10.9. The third kappa shape index (κ3) is 5.00. The van der Waals surface area contributed by atoms with Crippen LogP contribution in [0.25, 0.3) is 0 Å². The fourth-order valence-electron chi connectivity index (χ4n) is 1.41. The lowest BCUT2D eigenvalue weighted by atomic mass is 10.2. The van der Waals surface area contributed by atoms with Gasteiger partial charge in [-0.15, -0.1) is 0 Å². The Morgan fingerprint density at radius 2 is 2.00 bits per heavy atom. The number of hydrogen-bond donors (Lipinski definition) is 1. The zero-order valence-electron chi connectivity index (χ0n) is 9.50. The molecule has 0 aliphatic rings. The van der Waals surface area contributed by atoms with Gasteiger partial charge in [-0.3, -0.25) is 0 Å². The van der Waals surface area contributed by atoms with Gasteiger partial charge in [0, 0.05) is 6.61 Å². The van der Waals surface area contributed by atoms with Crippen LogP contribution in [0.4, 0.5) is 0 Å². The number of hydrogen-bond acceptors (Lipinski definition) is 3. The molecular formula is C12H21NO2. The van der Waals surface area contributed by atoms with Crippen molar-refractivity contribution < 1.29 is 9.15 Å². The Hall–Kier alpha value is -0.800. The molecule has 2 N–H and O–H groups in total. The first-order valence-corrected chi connectivity index (χ1v) is 5.72. The fraction of sp³-hybridized carbons (Fsp3) is 0.667. The van der Waals surface area contributed by atoms with Crippen LogP contribution >= 0.6 is 0 Å². The minimum Gasteiger partial charge on any atom is -0.462 e. The van der Waals surface area contributed by atoms with E-state index < -0.39 is 0 Å². The highest BCUT2D eigenvalue weighted by Gasteiger charge is 1.99. The van der Waals surface area contributed by atoms with Crippen molar-refractivity contribution in [3.05, 3.63) is 23.7 Å². The van der Waals surface area contributed by atoms with Gasteiger partial charge < -0.3 is 14.9 Å². The normalized spacial score (nSPS) is 10.8. The Kier molecular flexibility index (Phi) is 6.12. The van der Waals surface area contributed by atoms with Gasteiger partial charge in [0.05, 0.1) is 6.54 Å². The second-order valence-corrected chi connectivity index (χ2v) is 3.69. The van der Waals surface area contributed by atoms with Gasteiger partial charge in [-0.1, -0.05) is 26.2 Å². The molecule has 0 fully saturated rings. The van der Waals surface area contributed by atoms with E-state index in [0.717, 1.165) is 24.5 Å². The second kappa shape index (κ2) is 7.49. The van der Waals surface area contributed by atoms with Crippen molar-refractivity contribution in [3.8, 4) is 0 Å². The van der Waals surface area contributed by atoms with E-state index in [0.29, 0.717) is 13.2 Å². The van der Waals surface area contributed by atoms with E-state index in [1.807, 2.05) is 12.1 Å². The molecule has 1 aromatic rings. The van der Waals surface area contributed by atoms with Crippen LogP contribution in [0, 0.1) is 0 Å². The summed E-state index contributed by atoms with van der Waals surface area (Å²) >= 11 is 0. The molecule has 0 aromatic carbocycles. The maximum Gasteiger partial charge on any atom is 0.129 e. The Labute approximate surface area is 91.6 Å². The average Bonchev–Trinajstić information content (AvgIpc) is 2.71. The lowest BCUT2D eigenvalue weighted by molar-refractivity contribution is 0.102. The van der Waals surface area contributed by atoms with Gasteiger partial charge in [0.2, 0.25) is 0 Å². The maximum absolute atomic E-state index is 5.49. The first kappa shape index (κ1) is 12.3. The van der Waals surface area contributed by atoms with Gasteiger partial charge in [0.25, 0.3) is 0 Å². The van der Waals surface area contributed by atoms with E-state index in [1.165, 1.54) is 19.3 Å². The standard InChI is InChI=1S/C12H21NO2/c1-2-3-4-5-8-14-10-12-7-6-11(9-13)15-12/h6-7H,2-5,8-10,13H2,1H3. The van der Waals surface area contributed by atoms with Crippen LogP contribution in [0.5, 0.6) is 0 Å². The molecule has 1 rings (SSSR count). The number of ether oxygens (including phenoxy) is 1. The van der Waals surface area contributed by atoms with E-state index in [9.17, 15) is 0 Å². The van der Waals surface area contributed by atoms with Crippen molar-refractivity contribution in [1.29, 1.82) is 0 Å². The van der Waals surface area contributed by atoms with Crippen molar-refractivity contribution >= 4 is 0 Å². The second-order valence-electron chi connectivity index (χ2n) is 3.69. The molecule has 0 aliphatic carbocycles. The van der Waals surface area contributed by atoms with Gasteiger partial charge in [-0.25, -0.2) is 0 Å². The maximum atomic E-state index is 5.49. The summed E-state index contributed by atoms with van der Waals surface area (Å²) in [5, 5.41) is 0. The minimum atomic E-state index is 0.455. The molecule has 0 saturated carbocycles. The van der Waals surface area contributed by atoms with Crippen LogP contribution in [-0.4, -0.2) is 6.61 Å². The summed E-state index contributed by atoms with van der Waals surface area (Å²) in [7, 11) is 0. The first-order valence-electron chi connectivity index (χ1n) is 5.72. The predicted molar refractivity (Wildman–Crippen MR) is 60.4 cm³/mol. The molecule has 3 heteroatoms. The quantitative estimate of drug-likeness (QED) is 0.673. The van der Waals surface area contributed by atoms with Crippen molar-refractivity contribution in [2.45, 2.75) is 45.8 Å². The zero-order chi connectivity index (χ0) is 10.9. The summed E-state index contributed by atoms with van der Waals surface area (Å²) in [5.74, 6) is 1.69. The Bertz CT molecular complexity index is 258. The van der Waals surface area contributed by atoms with E-state index >= 15 is 0 Å². The lowest BCUT2D eigenvalue weighted by Gasteiger charge is -2.01. The predicted octanol–water partition coefficient (Wildman–Crippen LogP) is 2.84. The van der Waals surface area contributed by atoms with E-state index in [1.54, 1.807) is 0 Å². The minimum absolute atomic E-state index is 0.455. The summed E-state index contributed by atoms with van der Waals surface area (Å²) in [4.78, 5) is 0. The molecule has 0 radical (unpaired) electrons. The summed E-state index contributed by atoms with van der Waals surface area (Å²) in [5.41, 5.74) is 5.44. The number of rotatable bonds is 8. The molecule has 0 atom stereocenters. The van der Waals surface area contributed by atoms with Crippen molar-refractivity contribution in [2.24, 2.45) is 5.73 Å². The van der Waals surface area contributed by atoms with Crippen LogP contribution in [-0.2, 0) is 17.9 Å². The van der Waals surface area contributed by atoms with Gasteiger partial charge in [-0.05, 0) is 18.6 Å². The molecule has 1 heterocycles. The lowest BCUT2D eigenvalue weighted by Crippen LogP contribution is -1.95. The van der Waals surface area contributed by atoms with Crippen LogP contribution in [0.2, 0.25) is 0 Å². The Morgan fingerprint density at radius 1 is 1.20 bits per heavy atom. The highest BCUT2D eigenvalue weighted by molar-refractivity contribution is 5.05. The van der Waals surface area contributed by atoms with Crippen molar-refractivity contribution in [3.63, 3.8) is 0 Å². The summed E-state index contributed by atoms with van der Waals surface area (Å²) in [6.45, 7) is 4.04. The molecule has 3 nitrogen and oxygen atoms in total. The number of nitrogens with two attached hydrogens (primary N) is 1. The van der Waals surface area contributed by atoms with Crippen LogP contribution < -0.4 is 5.73 Å². The van der Waals surface area contributed by atoms with E-state index in [2.05, 4.69) is 6.92 Å². The SMILES string of the molecule is CCCCCCOCc1ccc(CN)o1. The van der Waals surface area contributed by atoms with Crippen molar-refractivity contribution in [2.75, 3.05) is 6.61 Å². The van der Waals surface area contributed by atoms with Gasteiger partial charge in [-0.2, -0.15) is 0 Å². The van der Waals surface area contributed by atoms with Gasteiger partial charge in [0.15, 0.2) is 0 Å². The molecule has 0 bridgehead atoms. The Balaban J connectivity index is 2.04. The zero-order valence-corrected chi connectivity index (χ0v) is 9.50. The highest BCUT2D eigenvalue weighted by Crippen LogP contribution is 2.08. The molecule has 0 spiro atoms. The first-order chi connectivity index (χ1) is 7.36. The molecule has 15 heavy (non-hydrogen) atoms. The topological polar surface area (TPSA) is 48.4 Å². The molecule has 0 saturated heterocycles. The number of furan rings is 1. The monoisotopic (exact) mass is 211 g/mol. The smallest absolute Gasteiger partial charge is 0.129 e. The van der Waals surface area contributed by atoms with Crippen molar-refractivity contribution in [1.82, 2.24) is 0 Å². The third-order valence-electron chi connectivity index (χ3n) is 2.31. The summed E-state index contributed by atoms with van der Waals surface area (Å²) in [6.07, 6.45) is 4.94. The molecular weight excluding hydrogens is 190 g/mol. The van der Waals surface area contributed by atoms with E-state index in [4.69, 9.17) is 14.9 Å². The van der Waals surface area contributed by atoms with E-state index in [-0.39, 0.29) is 0 Å². The number of unbranched alkanes of at least 4 members (excludes halogenated alkanes) is 3. The summed E-state index contributed by atoms with van der Waals surface area (Å²) in [6, 6.07) is 3.82. The largest absolute Gasteiger partial charge is 0.462 e. The van der Waals surface area contributed by atoms with Gasteiger partial charge >= 0.3 is 0 Å². The molecule has 0 unspecified atom stereocenters.